The molecule has 0 aliphatic rings. The van der Waals surface area contributed by atoms with Gasteiger partial charge in [0.05, 0.1) is 0 Å². The normalized spacial score (nSPS) is 13.2. The molecule has 0 radical (unpaired) electrons. The number of aromatic amines is 1. The van der Waals surface area contributed by atoms with Crippen LogP contribution >= 0.6 is 0 Å². The van der Waals surface area contributed by atoms with Gasteiger partial charge in [0, 0.05) is 30.9 Å². The Bertz CT molecular complexity index is 341. The van der Waals surface area contributed by atoms with E-state index >= 15 is 0 Å². The maximum absolute atomic E-state index is 11.5. The van der Waals surface area contributed by atoms with Gasteiger partial charge in [-0.1, -0.05) is 0 Å². The summed E-state index contributed by atoms with van der Waals surface area (Å²) >= 11 is 0. The molecule has 0 spiro atoms. The molecule has 1 heterocycles. The maximum atomic E-state index is 11.5. The molecule has 0 aliphatic carbocycles. The average Bonchev–Trinajstić information content (AvgIpc) is 2.69. The van der Waals surface area contributed by atoms with Gasteiger partial charge in [0.15, 0.2) is 0 Å². The second-order valence-corrected chi connectivity index (χ2v) is 4.94. The van der Waals surface area contributed by atoms with Crippen LogP contribution in [0.4, 0.5) is 4.79 Å². The van der Waals surface area contributed by atoms with Crippen molar-refractivity contribution in [3.63, 3.8) is 0 Å². The van der Waals surface area contributed by atoms with Crippen LogP contribution in [-0.4, -0.2) is 29.8 Å². The van der Waals surface area contributed by atoms with Gasteiger partial charge in [-0.25, -0.2) is 4.79 Å². The summed E-state index contributed by atoms with van der Waals surface area (Å²) in [7, 11) is 0. The maximum Gasteiger partial charge on any atom is 0.407 e. The van der Waals surface area contributed by atoms with E-state index in [-0.39, 0.29) is 5.92 Å². The van der Waals surface area contributed by atoms with E-state index in [9.17, 15) is 4.79 Å². The molecule has 5 heteroatoms. The van der Waals surface area contributed by atoms with Crippen LogP contribution < -0.4 is 11.1 Å². The number of nitrogens with two attached hydrogens (primary N) is 1. The molecule has 0 saturated carbocycles. The fraction of sp³-hybridized carbons (Fsp3) is 0.583. The van der Waals surface area contributed by atoms with Crippen LogP contribution in [-0.2, 0) is 4.74 Å². The summed E-state index contributed by atoms with van der Waals surface area (Å²) in [5, 5.41) is 2.72. The number of H-pyrrole nitrogens is 1. The third-order valence-corrected chi connectivity index (χ3v) is 2.24. The largest absolute Gasteiger partial charge is 0.444 e. The summed E-state index contributed by atoms with van der Waals surface area (Å²) in [6.07, 6.45) is 1.42. The number of rotatable bonds is 4. The Morgan fingerprint density at radius 2 is 2.29 bits per heavy atom. The highest BCUT2D eigenvalue weighted by Gasteiger charge is 2.17. The van der Waals surface area contributed by atoms with E-state index < -0.39 is 11.7 Å². The van der Waals surface area contributed by atoms with E-state index in [1.165, 1.54) is 0 Å². The molecule has 0 saturated heterocycles. The molecular formula is C12H21N3O2. The van der Waals surface area contributed by atoms with Crippen molar-refractivity contribution < 1.29 is 9.53 Å². The zero-order chi connectivity index (χ0) is 12.9. The lowest BCUT2D eigenvalue weighted by Crippen LogP contribution is -2.36. The van der Waals surface area contributed by atoms with Crippen molar-refractivity contribution in [3.05, 3.63) is 24.0 Å². The third kappa shape index (κ3) is 4.91. The Morgan fingerprint density at radius 1 is 1.59 bits per heavy atom. The Morgan fingerprint density at radius 3 is 2.76 bits per heavy atom. The number of nitrogens with one attached hydrogen (secondary N) is 2. The lowest BCUT2D eigenvalue weighted by atomic mass is 10.1. The third-order valence-electron chi connectivity index (χ3n) is 2.24. The average molecular weight is 239 g/mol. The first kappa shape index (κ1) is 13.6. The Balaban J connectivity index is 2.41. The number of hydrogen-bond acceptors (Lipinski definition) is 3. The number of hydrogen-bond donors (Lipinski definition) is 3. The summed E-state index contributed by atoms with van der Waals surface area (Å²) in [5.41, 5.74) is 6.21. The second kappa shape index (κ2) is 5.72. The van der Waals surface area contributed by atoms with E-state index in [1.54, 1.807) is 0 Å². The molecule has 96 valence electrons. The molecule has 0 aliphatic heterocycles. The minimum atomic E-state index is -0.477. The molecule has 1 unspecified atom stereocenters. The highest BCUT2D eigenvalue weighted by Crippen LogP contribution is 2.11. The van der Waals surface area contributed by atoms with E-state index in [0.29, 0.717) is 13.1 Å². The lowest BCUT2D eigenvalue weighted by molar-refractivity contribution is 0.0524. The van der Waals surface area contributed by atoms with Gasteiger partial charge in [-0.2, -0.15) is 0 Å². The first-order chi connectivity index (χ1) is 7.92. The molecule has 1 rings (SSSR count). The van der Waals surface area contributed by atoms with E-state index in [0.717, 1.165) is 5.69 Å². The first-order valence-electron chi connectivity index (χ1n) is 5.72. The fourth-order valence-electron chi connectivity index (χ4n) is 1.44. The summed E-state index contributed by atoms with van der Waals surface area (Å²) in [6.45, 7) is 6.43. The SMILES string of the molecule is CC(C)(C)OC(=O)NCC(CN)c1ccc[nH]1. The number of aromatic nitrogens is 1. The Labute approximate surface area is 102 Å². The van der Waals surface area contributed by atoms with Crippen molar-refractivity contribution in [3.8, 4) is 0 Å². The van der Waals surface area contributed by atoms with Crippen LogP contribution in [0.2, 0.25) is 0 Å². The number of carbonyl (C=O) groups is 1. The van der Waals surface area contributed by atoms with Crippen LogP contribution in [0.5, 0.6) is 0 Å². The zero-order valence-corrected chi connectivity index (χ0v) is 10.6. The van der Waals surface area contributed by atoms with Crippen LogP contribution in [0.1, 0.15) is 32.4 Å². The van der Waals surface area contributed by atoms with Crippen LogP contribution in [0, 0.1) is 0 Å². The highest BCUT2D eigenvalue weighted by molar-refractivity contribution is 5.67. The molecule has 17 heavy (non-hydrogen) atoms. The van der Waals surface area contributed by atoms with Crippen molar-refractivity contribution in [2.45, 2.75) is 32.3 Å². The van der Waals surface area contributed by atoms with E-state index in [1.807, 2.05) is 39.1 Å². The summed E-state index contributed by atoms with van der Waals surface area (Å²) in [4.78, 5) is 14.6. The molecule has 0 aromatic carbocycles. The Hall–Kier alpha value is -1.49. The van der Waals surface area contributed by atoms with Crippen molar-refractivity contribution in [2.75, 3.05) is 13.1 Å². The van der Waals surface area contributed by atoms with Gasteiger partial charge >= 0.3 is 6.09 Å². The van der Waals surface area contributed by atoms with Crippen LogP contribution in [0.3, 0.4) is 0 Å². The lowest BCUT2D eigenvalue weighted by Gasteiger charge is -2.21. The van der Waals surface area contributed by atoms with Gasteiger partial charge in [-0.15, -0.1) is 0 Å². The van der Waals surface area contributed by atoms with Crippen molar-refractivity contribution >= 4 is 6.09 Å². The topological polar surface area (TPSA) is 80.1 Å². The molecule has 1 amide bonds. The molecule has 0 fully saturated rings. The van der Waals surface area contributed by atoms with Gasteiger partial charge in [-0.05, 0) is 32.9 Å². The van der Waals surface area contributed by atoms with Crippen LogP contribution in [0.15, 0.2) is 18.3 Å². The summed E-state index contributed by atoms with van der Waals surface area (Å²) < 4.78 is 5.15. The van der Waals surface area contributed by atoms with Crippen molar-refractivity contribution in [1.29, 1.82) is 0 Å². The van der Waals surface area contributed by atoms with Gasteiger partial charge in [0.25, 0.3) is 0 Å². The molecule has 1 atom stereocenters. The van der Waals surface area contributed by atoms with Crippen LogP contribution in [0.25, 0.3) is 0 Å². The first-order valence-corrected chi connectivity index (χ1v) is 5.72. The molecule has 1 aromatic rings. The molecule has 0 bridgehead atoms. The molecular weight excluding hydrogens is 218 g/mol. The number of carbonyl (C=O) groups excluding carboxylic acids is 1. The molecule has 4 N–H and O–H groups in total. The summed E-state index contributed by atoms with van der Waals surface area (Å²) in [5.74, 6) is 0.0810. The van der Waals surface area contributed by atoms with Gasteiger partial charge < -0.3 is 20.8 Å². The Kier molecular flexibility index (Phi) is 4.57. The molecule has 5 nitrogen and oxygen atoms in total. The standard InChI is InChI=1S/C12H21N3O2/c1-12(2,3)17-11(16)15-8-9(7-13)10-5-4-6-14-10/h4-6,9,14H,7-8,13H2,1-3H3,(H,15,16). The highest BCUT2D eigenvalue weighted by atomic mass is 16.6. The monoisotopic (exact) mass is 239 g/mol. The predicted octanol–water partition coefficient (Wildman–Crippen LogP) is 1.58. The number of ether oxygens (including phenoxy) is 1. The molecule has 1 aromatic heterocycles. The van der Waals surface area contributed by atoms with Crippen molar-refractivity contribution in [2.24, 2.45) is 5.73 Å². The zero-order valence-electron chi connectivity index (χ0n) is 10.6. The predicted molar refractivity (Wildman–Crippen MR) is 66.8 cm³/mol. The van der Waals surface area contributed by atoms with Gasteiger partial charge in [0.1, 0.15) is 5.60 Å². The number of amides is 1. The second-order valence-electron chi connectivity index (χ2n) is 4.94. The fourth-order valence-corrected chi connectivity index (χ4v) is 1.44. The minimum Gasteiger partial charge on any atom is -0.444 e. The minimum absolute atomic E-state index is 0.0810. The quantitative estimate of drug-likeness (QED) is 0.746. The smallest absolute Gasteiger partial charge is 0.407 e. The summed E-state index contributed by atoms with van der Waals surface area (Å²) in [6, 6.07) is 3.86. The number of alkyl carbamates (subject to hydrolysis) is 1. The van der Waals surface area contributed by atoms with E-state index in [2.05, 4.69) is 10.3 Å². The van der Waals surface area contributed by atoms with Gasteiger partial charge in [-0.3, -0.25) is 0 Å². The van der Waals surface area contributed by atoms with Gasteiger partial charge in [0.2, 0.25) is 0 Å². The van der Waals surface area contributed by atoms with E-state index in [4.69, 9.17) is 10.5 Å². The van der Waals surface area contributed by atoms with Crippen molar-refractivity contribution in [1.82, 2.24) is 10.3 Å².